The van der Waals surface area contributed by atoms with Crippen molar-refractivity contribution in [2.24, 2.45) is 0 Å². The highest BCUT2D eigenvalue weighted by Crippen LogP contribution is 2.24. The summed E-state index contributed by atoms with van der Waals surface area (Å²) in [5.74, 6) is 2.27. The van der Waals surface area contributed by atoms with Crippen molar-refractivity contribution in [3.05, 3.63) is 29.8 Å². The molecule has 0 saturated carbocycles. The Labute approximate surface area is 162 Å². The molecule has 0 radical (unpaired) electrons. The summed E-state index contributed by atoms with van der Waals surface area (Å²) in [5, 5.41) is 3.40. The minimum atomic E-state index is 0.648. The summed E-state index contributed by atoms with van der Waals surface area (Å²) in [6, 6.07) is 8.64. The average Bonchev–Trinajstić information content (AvgIpc) is 3.41. The van der Waals surface area contributed by atoms with Crippen LogP contribution in [0.2, 0.25) is 0 Å². The second kappa shape index (κ2) is 8.55. The maximum Gasteiger partial charge on any atom is 0.233 e. The molecule has 4 rings (SSSR count). The highest BCUT2D eigenvalue weighted by Gasteiger charge is 2.21. The molecule has 2 saturated heterocycles. The van der Waals surface area contributed by atoms with E-state index in [0.717, 1.165) is 50.2 Å². The smallest absolute Gasteiger partial charge is 0.233 e. The van der Waals surface area contributed by atoms with E-state index in [1.165, 1.54) is 44.1 Å². The van der Waals surface area contributed by atoms with Gasteiger partial charge in [-0.1, -0.05) is 25.5 Å². The molecule has 3 heterocycles. The van der Waals surface area contributed by atoms with Crippen LogP contribution in [0.25, 0.3) is 0 Å². The van der Waals surface area contributed by atoms with E-state index in [9.17, 15) is 0 Å². The number of hydrogen-bond acceptors (Lipinski definition) is 6. The van der Waals surface area contributed by atoms with Gasteiger partial charge in [0.15, 0.2) is 0 Å². The zero-order valence-electron chi connectivity index (χ0n) is 16.3. The van der Waals surface area contributed by atoms with Gasteiger partial charge in [-0.2, -0.15) is 15.0 Å². The first-order valence-corrected chi connectivity index (χ1v) is 10.4. The average molecular weight is 367 g/mol. The lowest BCUT2D eigenvalue weighted by molar-refractivity contribution is 0.795. The Bertz CT molecular complexity index is 699. The number of aryl methyl sites for hydroxylation is 1. The van der Waals surface area contributed by atoms with Crippen LogP contribution in [0.15, 0.2) is 24.3 Å². The van der Waals surface area contributed by atoms with Gasteiger partial charge in [-0.15, -0.1) is 0 Å². The summed E-state index contributed by atoms with van der Waals surface area (Å²) in [5.41, 5.74) is 2.41. The topological polar surface area (TPSA) is 57.2 Å². The zero-order valence-corrected chi connectivity index (χ0v) is 16.3. The van der Waals surface area contributed by atoms with Crippen LogP contribution in [-0.4, -0.2) is 41.1 Å². The van der Waals surface area contributed by atoms with Crippen LogP contribution >= 0.6 is 0 Å². The van der Waals surface area contributed by atoms with Crippen LogP contribution in [0.4, 0.5) is 23.5 Å². The van der Waals surface area contributed by atoms with E-state index in [1.807, 2.05) is 0 Å². The standard InChI is InChI=1S/C21H30N6/c1-2-3-8-17-9-11-18(12-10-17)22-19-23-20(26-13-4-5-14-26)25-21(24-19)27-15-6-7-16-27/h9-12H,2-8,13-16H2,1H3,(H,22,23,24,25). The molecule has 0 spiro atoms. The van der Waals surface area contributed by atoms with Crippen molar-refractivity contribution in [3.8, 4) is 0 Å². The summed E-state index contributed by atoms with van der Waals surface area (Å²) < 4.78 is 0. The van der Waals surface area contributed by atoms with E-state index >= 15 is 0 Å². The van der Waals surface area contributed by atoms with E-state index in [1.54, 1.807) is 0 Å². The normalized spacial score (nSPS) is 16.9. The highest BCUT2D eigenvalue weighted by molar-refractivity contribution is 5.57. The Balaban J connectivity index is 1.55. The van der Waals surface area contributed by atoms with E-state index in [-0.39, 0.29) is 0 Å². The SMILES string of the molecule is CCCCc1ccc(Nc2nc(N3CCCC3)nc(N3CCCC3)n2)cc1. The maximum atomic E-state index is 4.78. The van der Waals surface area contributed by atoms with Crippen molar-refractivity contribution < 1.29 is 0 Å². The van der Waals surface area contributed by atoms with Gasteiger partial charge in [0.05, 0.1) is 0 Å². The van der Waals surface area contributed by atoms with Gasteiger partial charge in [-0.05, 0) is 56.2 Å². The predicted molar refractivity (Wildman–Crippen MR) is 111 cm³/mol. The maximum absolute atomic E-state index is 4.78. The fourth-order valence-corrected chi connectivity index (χ4v) is 3.79. The Hall–Kier alpha value is -2.37. The van der Waals surface area contributed by atoms with Crippen molar-refractivity contribution in [1.29, 1.82) is 0 Å². The Morgan fingerprint density at radius 2 is 1.37 bits per heavy atom. The fourth-order valence-electron chi connectivity index (χ4n) is 3.79. The van der Waals surface area contributed by atoms with Crippen LogP contribution in [0.1, 0.15) is 51.0 Å². The molecule has 6 nitrogen and oxygen atoms in total. The monoisotopic (exact) mass is 366 g/mol. The van der Waals surface area contributed by atoms with E-state index in [2.05, 4.69) is 46.3 Å². The number of aromatic nitrogens is 3. The molecule has 0 bridgehead atoms. The molecular formula is C21H30N6. The van der Waals surface area contributed by atoms with Crippen LogP contribution < -0.4 is 15.1 Å². The molecular weight excluding hydrogens is 336 g/mol. The molecule has 0 unspecified atom stereocenters. The number of rotatable bonds is 7. The molecule has 1 aromatic heterocycles. The first kappa shape index (κ1) is 18.0. The Kier molecular flexibility index (Phi) is 5.70. The Morgan fingerprint density at radius 1 is 0.815 bits per heavy atom. The van der Waals surface area contributed by atoms with Gasteiger partial charge >= 0.3 is 0 Å². The fraction of sp³-hybridized carbons (Fsp3) is 0.571. The summed E-state index contributed by atoms with van der Waals surface area (Å²) >= 11 is 0. The third-order valence-corrected chi connectivity index (χ3v) is 5.42. The quantitative estimate of drug-likeness (QED) is 0.794. The minimum absolute atomic E-state index is 0.648. The highest BCUT2D eigenvalue weighted by atomic mass is 15.4. The summed E-state index contributed by atoms with van der Waals surface area (Å²) in [6.07, 6.45) is 8.46. The molecule has 0 aliphatic carbocycles. The van der Waals surface area contributed by atoms with E-state index in [0.29, 0.717) is 5.95 Å². The Morgan fingerprint density at radius 3 is 1.89 bits per heavy atom. The molecule has 2 aliphatic heterocycles. The number of benzene rings is 1. The molecule has 6 heteroatoms. The van der Waals surface area contributed by atoms with Crippen molar-refractivity contribution in [1.82, 2.24) is 15.0 Å². The molecule has 1 N–H and O–H groups in total. The van der Waals surface area contributed by atoms with Crippen LogP contribution in [0.5, 0.6) is 0 Å². The van der Waals surface area contributed by atoms with Crippen molar-refractivity contribution in [2.75, 3.05) is 41.3 Å². The van der Waals surface area contributed by atoms with E-state index in [4.69, 9.17) is 15.0 Å². The van der Waals surface area contributed by atoms with Gasteiger partial charge in [0.2, 0.25) is 17.8 Å². The second-order valence-electron chi connectivity index (χ2n) is 7.57. The summed E-state index contributed by atoms with van der Waals surface area (Å²) in [6.45, 7) is 6.38. The molecule has 2 aromatic rings. The molecule has 1 aromatic carbocycles. The van der Waals surface area contributed by atoms with Gasteiger partial charge in [-0.25, -0.2) is 0 Å². The zero-order chi connectivity index (χ0) is 18.5. The lowest BCUT2D eigenvalue weighted by Crippen LogP contribution is -2.25. The van der Waals surface area contributed by atoms with Crippen LogP contribution in [0, 0.1) is 0 Å². The number of nitrogens with one attached hydrogen (secondary N) is 1. The van der Waals surface area contributed by atoms with E-state index < -0.39 is 0 Å². The first-order valence-electron chi connectivity index (χ1n) is 10.4. The number of unbranched alkanes of at least 4 members (excludes halogenated alkanes) is 1. The summed E-state index contributed by atoms with van der Waals surface area (Å²) in [4.78, 5) is 18.8. The molecule has 0 atom stereocenters. The van der Waals surface area contributed by atoms with Gasteiger partial charge in [0.25, 0.3) is 0 Å². The first-order chi connectivity index (χ1) is 13.3. The predicted octanol–water partition coefficient (Wildman–Crippen LogP) is 4.16. The van der Waals surface area contributed by atoms with Gasteiger partial charge in [0, 0.05) is 31.9 Å². The lowest BCUT2D eigenvalue weighted by Gasteiger charge is -2.20. The van der Waals surface area contributed by atoms with Crippen molar-refractivity contribution >= 4 is 23.5 Å². The molecule has 144 valence electrons. The van der Waals surface area contributed by atoms with Crippen molar-refractivity contribution in [2.45, 2.75) is 51.9 Å². The minimum Gasteiger partial charge on any atom is -0.341 e. The molecule has 0 amide bonds. The number of nitrogens with zero attached hydrogens (tertiary/aromatic N) is 5. The van der Waals surface area contributed by atoms with Crippen LogP contribution in [-0.2, 0) is 6.42 Å². The summed E-state index contributed by atoms with van der Waals surface area (Å²) in [7, 11) is 0. The lowest BCUT2D eigenvalue weighted by atomic mass is 10.1. The third kappa shape index (κ3) is 4.49. The van der Waals surface area contributed by atoms with Crippen molar-refractivity contribution in [3.63, 3.8) is 0 Å². The largest absolute Gasteiger partial charge is 0.341 e. The third-order valence-electron chi connectivity index (χ3n) is 5.42. The molecule has 2 fully saturated rings. The number of hydrogen-bond donors (Lipinski definition) is 1. The van der Waals surface area contributed by atoms with Crippen LogP contribution in [0.3, 0.4) is 0 Å². The van der Waals surface area contributed by atoms with Gasteiger partial charge in [-0.3, -0.25) is 0 Å². The number of anilines is 4. The van der Waals surface area contributed by atoms with Gasteiger partial charge < -0.3 is 15.1 Å². The molecule has 2 aliphatic rings. The van der Waals surface area contributed by atoms with Gasteiger partial charge in [0.1, 0.15) is 0 Å². The molecule has 27 heavy (non-hydrogen) atoms. The second-order valence-corrected chi connectivity index (χ2v) is 7.57.